The van der Waals surface area contributed by atoms with E-state index in [9.17, 15) is 15.3 Å². The van der Waals surface area contributed by atoms with Gasteiger partial charge in [0.2, 0.25) is 0 Å². The van der Waals surface area contributed by atoms with Gasteiger partial charge in [0, 0.05) is 6.42 Å². The molecule has 0 heterocycles. The van der Waals surface area contributed by atoms with E-state index in [1.807, 2.05) is 13.8 Å². The van der Waals surface area contributed by atoms with Gasteiger partial charge in [-0.25, -0.2) is 0 Å². The lowest BCUT2D eigenvalue weighted by molar-refractivity contribution is 0.0596. The van der Waals surface area contributed by atoms with Crippen molar-refractivity contribution in [2.24, 2.45) is 23.2 Å². The first kappa shape index (κ1) is 25.0. The van der Waals surface area contributed by atoms with Crippen molar-refractivity contribution >= 4 is 11.6 Å². The third-order valence-electron chi connectivity index (χ3n) is 8.54. The molecule has 0 amide bonds. The summed E-state index contributed by atoms with van der Waals surface area (Å²) in [6, 6.07) is 0. The smallest absolute Gasteiger partial charge is 0.0975 e. The molecule has 4 heteroatoms. The van der Waals surface area contributed by atoms with E-state index in [0.29, 0.717) is 29.2 Å². The van der Waals surface area contributed by atoms with Gasteiger partial charge in [0.1, 0.15) is 0 Å². The lowest BCUT2D eigenvalue weighted by Crippen LogP contribution is -2.39. The van der Waals surface area contributed by atoms with Crippen molar-refractivity contribution in [3.63, 3.8) is 0 Å². The van der Waals surface area contributed by atoms with E-state index in [2.05, 4.69) is 32.6 Å². The van der Waals surface area contributed by atoms with Crippen molar-refractivity contribution in [2.75, 3.05) is 0 Å². The van der Waals surface area contributed by atoms with Gasteiger partial charge in [-0.15, -0.1) is 11.6 Å². The molecule has 0 saturated heterocycles. The second-order valence-corrected chi connectivity index (χ2v) is 11.9. The fourth-order valence-corrected chi connectivity index (χ4v) is 6.96. The zero-order valence-electron chi connectivity index (χ0n) is 19.9. The molecule has 0 spiro atoms. The standard InChI is InChI=1S/C27H43ClO3/c1-17(8-6-14-26(3,4)31)21-12-13-22-19(9-7-15-27(21,22)5)10-11-20-16-23(29)24(28)25(30)18(20)2/h10-11,17,21-25,29-31H,2,6-9,12-16H2,1,3-5H3/b19-10+,20-11+/t17-,21-,22+,23-,24-,25-,27-/m1/s1. The second kappa shape index (κ2) is 9.71. The molecule has 3 aliphatic carbocycles. The predicted molar refractivity (Wildman–Crippen MR) is 129 cm³/mol. The van der Waals surface area contributed by atoms with Crippen LogP contribution in [0.15, 0.2) is 35.5 Å². The average molecular weight is 451 g/mol. The van der Waals surface area contributed by atoms with Gasteiger partial charge >= 0.3 is 0 Å². The molecule has 176 valence electrons. The molecule has 7 atom stereocenters. The molecule has 3 N–H and O–H groups in total. The van der Waals surface area contributed by atoms with Crippen LogP contribution < -0.4 is 0 Å². The van der Waals surface area contributed by atoms with Crippen molar-refractivity contribution in [3.05, 3.63) is 35.5 Å². The number of hydrogen-bond donors (Lipinski definition) is 3. The van der Waals surface area contributed by atoms with E-state index < -0.39 is 23.2 Å². The van der Waals surface area contributed by atoms with Gasteiger partial charge in [0.25, 0.3) is 0 Å². The predicted octanol–water partition coefficient (Wildman–Crippen LogP) is 5.92. The van der Waals surface area contributed by atoms with E-state index in [1.54, 1.807) is 0 Å². The van der Waals surface area contributed by atoms with Gasteiger partial charge in [-0.3, -0.25) is 0 Å². The van der Waals surface area contributed by atoms with Crippen LogP contribution in [0.2, 0.25) is 0 Å². The number of fused-ring (bicyclic) bond motifs is 1. The number of hydrogen-bond acceptors (Lipinski definition) is 3. The Bertz CT molecular complexity index is 718. The van der Waals surface area contributed by atoms with Crippen LogP contribution in [0.3, 0.4) is 0 Å². The Balaban J connectivity index is 1.71. The fourth-order valence-electron chi connectivity index (χ4n) is 6.72. The summed E-state index contributed by atoms with van der Waals surface area (Å²) in [7, 11) is 0. The maximum absolute atomic E-state index is 10.3. The van der Waals surface area contributed by atoms with Crippen LogP contribution in [-0.4, -0.2) is 38.5 Å². The van der Waals surface area contributed by atoms with Gasteiger partial charge in [-0.05, 0) is 86.7 Å². The average Bonchev–Trinajstić information content (AvgIpc) is 3.04. The van der Waals surface area contributed by atoms with Gasteiger partial charge in [0.15, 0.2) is 0 Å². The highest BCUT2D eigenvalue weighted by atomic mass is 35.5. The second-order valence-electron chi connectivity index (χ2n) is 11.4. The van der Waals surface area contributed by atoms with Crippen molar-refractivity contribution < 1.29 is 15.3 Å². The molecule has 0 radical (unpaired) electrons. The molecule has 0 aromatic rings. The summed E-state index contributed by atoms with van der Waals surface area (Å²) in [5, 5.41) is 29.8. The molecule has 0 unspecified atom stereocenters. The Morgan fingerprint density at radius 2 is 1.97 bits per heavy atom. The van der Waals surface area contributed by atoms with Gasteiger partial charge in [0.05, 0.1) is 23.2 Å². The van der Waals surface area contributed by atoms with Crippen molar-refractivity contribution in [3.8, 4) is 0 Å². The first-order valence-corrected chi connectivity index (χ1v) is 12.7. The number of rotatable bonds is 6. The maximum Gasteiger partial charge on any atom is 0.0975 e. The van der Waals surface area contributed by atoms with Crippen LogP contribution in [0, 0.1) is 23.2 Å². The minimum Gasteiger partial charge on any atom is -0.391 e. The Morgan fingerprint density at radius 3 is 2.65 bits per heavy atom. The Hall–Kier alpha value is -0.610. The van der Waals surface area contributed by atoms with Crippen LogP contribution in [0.1, 0.15) is 85.5 Å². The van der Waals surface area contributed by atoms with Crippen molar-refractivity contribution in [2.45, 2.75) is 109 Å². The molecule has 31 heavy (non-hydrogen) atoms. The third kappa shape index (κ3) is 5.49. The molecule has 0 aromatic heterocycles. The molecular weight excluding hydrogens is 408 g/mol. The highest BCUT2D eigenvalue weighted by molar-refractivity contribution is 6.21. The molecule has 3 aliphatic rings. The lowest BCUT2D eigenvalue weighted by atomic mass is 9.60. The van der Waals surface area contributed by atoms with E-state index in [-0.39, 0.29) is 0 Å². The first-order valence-electron chi connectivity index (χ1n) is 12.3. The normalized spacial score (nSPS) is 40.4. The van der Waals surface area contributed by atoms with Gasteiger partial charge in [-0.2, -0.15) is 0 Å². The summed E-state index contributed by atoms with van der Waals surface area (Å²) >= 11 is 6.11. The Kier molecular flexibility index (Phi) is 7.84. The third-order valence-corrected chi connectivity index (χ3v) is 9.07. The highest BCUT2D eigenvalue weighted by Crippen LogP contribution is 2.60. The van der Waals surface area contributed by atoms with Crippen molar-refractivity contribution in [1.29, 1.82) is 0 Å². The van der Waals surface area contributed by atoms with Crippen LogP contribution in [0.5, 0.6) is 0 Å². The zero-order chi connectivity index (χ0) is 23.0. The summed E-state index contributed by atoms with van der Waals surface area (Å²) in [6.07, 6.45) is 12.5. The molecule has 3 nitrogen and oxygen atoms in total. The summed E-state index contributed by atoms with van der Waals surface area (Å²) in [6.45, 7) is 12.8. The molecule has 3 saturated carbocycles. The fraction of sp³-hybridized carbons (Fsp3) is 0.778. The van der Waals surface area contributed by atoms with Gasteiger partial charge < -0.3 is 15.3 Å². The number of aliphatic hydroxyl groups is 3. The molecular formula is C27H43ClO3. The summed E-state index contributed by atoms with van der Waals surface area (Å²) < 4.78 is 0. The Morgan fingerprint density at radius 1 is 1.26 bits per heavy atom. The number of halogens is 1. The molecule has 0 aromatic carbocycles. The minimum absolute atomic E-state index is 0.348. The summed E-state index contributed by atoms with van der Waals surface area (Å²) in [4.78, 5) is 0. The molecule has 0 aliphatic heterocycles. The van der Waals surface area contributed by atoms with E-state index in [4.69, 9.17) is 11.6 Å². The van der Waals surface area contributed by atoms with Crippen molar-refractivity contribution in [1.82, 2.24) is 0 Å². The zero-order valence-corrected chi connectivity index (χ0v) is 20.7. The van der Waals surface area contributed by atoms with Crippen LogP contribution in [0.4, 0.5) is 0 Å². The number of allylic oxidation sites excluding steroid dienone is 3. The van der Waals surface area contributed by atoms with E-state index in [1.165, 1.54) is 37.7 Å². The highest BCUT2D eigenvalue weighted by Gasteiger charge is 2.50. The van der Waals surface area contributed by atoms with Crippen LogP contribution in [-0.2, 0) is 0 Å². The molecule has 3 fully saturated rings. The number of alkyl halides is 1. The van der Waals surface area contributed by atoms with E-state index in [0.717, 1.165) is 30.8 Å². The van der Waals surface area contributed by atoms with Crippen LogP contribution in [0.25, 0.3) is 0 Å². The quantitative estimate of drug-likeness (QED) is 0.440. The first-order chi connectivity index (χ1) is 14.4. The molecule has 0 bridgehead atoms. The molecule has 3 rings (SSSR count). The minimum atomic E-state index is -0.882. The topological polar surface area (TPSA) is 60.7 Å². The summed E-state index contributed by atoms with van der Waals surface area (Å²) in [5.74, 6) is 2.03. The largest absolute Gasteiger partial charge is 0.391 e. The Labute approximate surface area is 194 Å². The number of aliphatic hydroxyl groups excluding tert-OH is 2. The summed E-state index contributed by atoms with van der Waals surface area (Å²) in [5.41, 5.74) is 2.87. The SMILES string of the molecule is C=C1/C(=C/C=C2\CCC[C@]3(C)[C@@H]([C@H](C)CCCC(C)(C)O)CC[C@@H]23)C[C@@H](O)[C@@H](Cl)[C@@H]1O. The maximum atomic E-state index is 10.3. The van der Waals surface area contributed by atoms with Gasteiger partial charge in [-0.1, -0.05) is 51.0 Å². The lowest BCUT2D eigenvalue weighted by Gasteiger charge is -2.44. The van der Waals surface area contributed by atoms with E-state index >= 15 is 0 Å². The monoisotopic (exact) mass is 450 g/mol. The van der Waals surface area contributed by atoms with Crippen LogP contribution >= 0.6 is 11.6 Å².